The van der Waals surface area contributed by atoms with Crippen molar-refractivity contribution in [3.63, 3.8) is 0 Å². The Hall–Kier alpha value is -2.15. The van der Waals surface area contributed by atoms with Crippen LogP contribution >= 0.6 is 11.6 Å². The molecule has 0 spiro atoms. The maximum Gasteiger partial charge on any atom is 0.416 e. The van der Waals surface area contributed by atoms with E-state index in [0.717, 1.165) is 24.3 Å². The molecule has 2 aromatic carbocycles. The maximum atomic E-state index is 13.2. The third-order valence-electron chi connectivity index (χ3n) is 2.99. The summed E-state index contributed by atoms with van der Waals surface area (Å²) < 4.78 is 69.9. The third-order valence-corrected chi connectivity index (χ3v) is 3.21. The predicted molar refractivity (Wildman–Crippen MR) is 81.2 cm³/mol. The Morgan fingerprint density at radius 3 is 2.29 bits per heavy atom. The number of nitrogens with zero attached hydrogens (tertiary/aromatic N) is 1. The minimum absolute atomic E-state index is 0.0737. The van der Waals surface area contributed by atoms with E-state index in [4.69, 9.17) is 16.3 Å². The number of hydrogen-bond acceptors (Lipinski definition) is 2. The third kappa shape index (κ3) is 4.44. The molecule has 8 heteroatoms. The Labute approximate surface area is 139 Å². The summed E-state index contributed by atoms with van der Waals surface area (Å²) in [5, 5.41) is -3.58. The second-order valence-corrected chi connectivity index (χ2v) is 5.24. The Kier molecular flexibility index (Phi) is 5.13. The Balaban J connectivity index is 2.39. The molecule has 0 radical (unpaired) electrons. The molecule has 0 saturated carbocycles. The van der Waals surface area contributed by atoms with Crippen molar-refractivity contribution in [1.82, 2.24) is 0 Å². The first-order valence-electron chi connectivity index (χ1n) is 6.60. The topological polar surface area (TPSA) is 21.6 Å². The highest BCUT2D eigenvalue weighted by Gasteiger charge is 2.31. The highest BCUT2D eigenvalue weighted by molar-refractivity contribution is 6.21. The molecule has 128 valence electrons. The molecule has 0 aliphatic carbocycles. The van der Waals surface area contributed by atoms with Gasteiger partial charge < -0.3 is 4.74 Å². The average molecular weight is 364 g/mol. The standard InChI is InChI=1S/C16H11ClF5NO/c1-23-9-10-7-11(15(17,18)19)5-6-14(10)24-13-4-2-3-12(8-13)16(20,21)22/h2-9H,1H3. The van der Waals surface area contributed by atoms with Crippen LogP contribution in [0.2, 0.25) is 0 Å². The number of benzene rings is 2. The summed E-state index contributed by atoms with van der Waals surface area (Å²) >= 11 is 4.97. The van der Waals surface area contributed by atoms with Crippen LogP contribution in [0.25, 0.3) is 0 Å². The van der Waals surface area contributed by atoms with E-state index in [1.807, 2.05) is 0 Å². The fourth-order valence-corrected chi connectivity index (χ4v) is 2.04. The highest BCUT2D eigenvalue weighted by Crippen LogP contribution is 2.36. The molecule has 0 aromatic heterocycles. The average Bonchev–Trinajstić information content (AvgIpc) is 2.47. The molecule has 0 aliphatic heterocycles. The van der Waals surface area contributed by atoms with Gasteiger partial charge in [-0.15, -0.1) is 0 Å². The minimum Gasteiger partial charge on any atom is -0.457 e. The Morgan fingerprint density at radius 2 is 1.71 bits per heavy atom. The predicted octanol–water partition coefficient (Wildman–Crippen LogP) is 5.83. The zero-order valence-electron chi connectivity index (χ0n) is 12.2. The van der Waals surface area contributed by atoms with Gasteiger partial charge in [0, 0.05) is 24.4 Å². The van der Waals surface area contributed by atoms with Gasteiger partial charge in [-0.05, 0) is 48.0 Å². The second-order valence-electron chi connectivity index (χ2n) is 4.77. The summed E-state index contributed by atoms with van der Waals surface area (Å²) in [7, 11) is 1.42. The van der Waals surface area contributed by atoms with Gasteiger partial charge in [-0.1, -0.05) is 6.07 Å². The molecular formula is C16H11ClF5NO. The number of ether oxygens (including phenoxy) is 1. The van der Waals surface area contributed by atoms with E-state index in [2.05, 4.69) is 4.99 Å². The van der Waals surface area contributed by atoms with Crippen LogP contribution in [0.4, 0.5) is 22.0 Å². The van der Waals surface area contributed by atoms with E-state index < -0.39 is 22.7 Å². The SMILES string of the molecule is CN=Cc1cc(C(F)(F)Cl)ccc1Oc1cccc(C(F)(F)F)c1. The van der Waals surface area contributed by atoms with Gasteiger partial charge in [0.1, 0.15) is 11.5 Å². The molecule has 0 bridgehead atoms. The first-order chi connectivity index (χ1) is 11.1. The van der Waals surface area contributed by atoms with Gasteiger partial charge in [0.25, 0.3) is 0 Å². The van der Waals surface area contributed by atoms with E-state index >= 15 is 0 Å². The first-order valence-corrected chi connectivity index (χ1v) is 6.97. The van der Waals surface area contributed by atoms with Crippen molar-refractivity contribution < 1.29 is 26.7 Å². The number of aliphatic imine (C=N–C) groups is 1. The number of halogens is 6. The number of rotatable bonds is 4. The van der Waals surface area contributed by atoms with Gasteiger partial charge in [-0.2, -0.15) is 22.0 Å². The molecule has 2 nitrogen and oxygen atoms in total. The van der Waals surface area contributed by atoms with E-state index in [-0.39, 0.29) is 17.1 Å². The van der Waals surface area contributed by atoms with Crippen LogP contribution in [0.15, 0.2) is 47.5 Å². The van der Waals surface area contributed by atoms with E-state index in [9.17, 15) is 22.0 Å². The largest absolute Gasteiger partial charge is 0.457 e. The van der Waals surface area contributed by atoms with Gasteiger partial charge in [-0.3, -0.25) is 4.99 Å². The Morgan fingerprint density at radius 1 is 1.00 bits per heavy atom. The molecule has 0 aliphatic rings. The molecule has 0 fully saturated rings. The van der Waals surface area contributed by atoms with Crippen LogP contribution in [-0.2, 0) is 11.6 Å². The van der Waals surface area contributed by atoms with Gasteiger partial charge in [0.05, 0.1) is 5.56 Å². The zero-order chi connectivity index (χ0) is 18.0. The summed E-state index contributed by atoms with van der Waals surface area (Å²) in [6.07, 6.45) is -3.27. The zero-order valence-corrected chi connectivity index (χ0v) is 13.0. The second kappa shape index (κ2) is 6.76. The highest BCUT2D eigenvalue weighted by atomic mass is 35.5. The van der Waals surface area contributed by atoms with Crippen molar-refractivity contribution in [2.24, 2.45) is 4.99 Å². The summed E-state index contributed by atoms with van der Waals surface area (Å²) in [6, 6.07) is 7.52. The summed E-state index contributed by atoms with van der Waals surface area (Å²) in [5.74, 6) is -0.00875. The van der Waals surface area contributed by atoms with Crippen molar-refractivity contribution in [1.29, 1.82) is 0 Å². The molecule has 0 N–H and O–H groups in total. The molecular weight excluding hydrogens is 353 g/mol. The quantitative estimate of drug-likeness (QED) is 0.380. The lowest BCUT2D eigenvalue weighted by Gasteiger charge is -2.14. The lowest BCUT2D eigenvalue weighted by Crippen LogP contribution is -2.06. The van der Waals surface area contributed by atoms with Crippen LogP contribution in [0, 0.1) is 0 Å². The van der Waals surface area contributed by atoms with Gasteiger partial charge >= 0.3 is 11.6 Å². The van der Waals surface area contributed by atoms with Crippen molar-refractivity contribution in [3.05, 3.63) is 59.2 Å². The van der Waals surface area contributed by atoms with Crippen molar-refractivity contribution in [3.8, 4) is 11.5 Å². The summed E-state index contributed by atoms with van der Waals surface area (Å²) in [5.41, 5.74) is -1.20. The van der Waals surface area contributed by atoms with Gasteiger partial charge in [0.15, 0.2) is 0 Å². The first kappa shape index (κ1) is 18.2. The van der Waals surface area contributed by atoms with Crippen molar-refractivity contribution >= 4 is 17.8 Å². The normalized spacial score (nSPS) is 12.6. The van der Waals surface area contributed by atoms with Crippen LogP contribution in [0.3, 0.4) is 0 Å². The molecule has 24 heavy (non-hydrogen) atoms. The Bertz CT molecular complexity index is 753. The molecule has 2 aromatic rings. The maximum absolute atomic E-state index is 13.2. The number of alkyl halides is 6. The van der Waals surface area contributed by atoms with Crippen molar-refractivity contribution in [2.75, 3.05) is 7.05 Å². The molecule has 2 rings (SSSR count). The molecule has 0 amide bonds. The van der Waals surface area contributed by atoms with E-state index in [0.29, 0.717) is 0 Å². The molecule has 0 unspecified atom stereocenters. The van der Waals surface area contributed by atoms with Gasteiger partial charge in [-0.25, -0.2) is 0 Å². The summed E-state index contributed by atoms with van der Waals surface area (Å²) in [6.45, 7) is 0. The monoisotopic (exact) mass is 363 g/mol. The smallest absolute Gasteiger partial charge is 0.416 e. The fraction of sp³-hybridized carbons (Fsp3) is 0.188. The lowest BCUT2D eigenvalue weighted by atomic mass is 10.1. The minimum atomic E-state index is -4.52. The fourth-order valence-electron chi connectivity index (χ4n) is 1.92. The lowest BCUT2D eigenvalue weighted by molar-refractivity contribution is -0.137. The van der Waals surface area contributed by atoms with Crippen LogP contribution in [0.5, 0.6) is 11.5 Å². The molecule has 0 atom stereocenters. The number of hydrogen-bond donors (Lipinski definition) is 0. The van der Waals surface area contributed by atoms with E-state index in [1.54, 1.807) is 0 Å². The van der Waals surface area contributed by atoms with Crippen LogP contribution in [-0.4, -0.2) is 13.3 Å². The van der Waals surface area contributed by atoms with E-state index in [1.165, 1.54) is 31.5 Å². The summed E-state index contributed by atoms with van der Waals surface area (Å²) in [4.78, 5) is 3.72. The molecule has 0 heterocycles. The van der Waals surface area contributed by atoms with Crippen LogP contribution in [0.1, 0.15) is 16.7 Å². The van der Waals surface area contributed by atoms with Crippen LogP contribution < -0.4 is 4.74 Å². The van der Waals surface area contributed by atoms with Crippen molar-refractivity contribution in [2.45, 2.75) is 11.6 Å². The van der Waals surface area contributed by atoms with Gasteiger partial charge in [0.2, 0.25) is 0 Å². The molecule has 0 saturated heterocycles.